The van der Waals surface area contributed by atoms with Crippen LogP contribution in [0.2, 0.25) is 0 Å². The third kappa shape index (κ3) is 6.24. The Morgan fingerprint density at radius 2 is 1.87 bits per heavy atom. The molecule has 1 heterocycles. The Balaban J connectivity index is 0.00000264. The molecule has 3 unspecified atom stereocenters. The maximum absolute atomic E-state index is 12.5. The quantitative estimate of drug-likeness (QED) is 0.778. The van der Waals surface area contributed by atoms with Gasteiger partial charge < -0.3 is 10.6 Å². The van der Waals surface area contributed by atoms with Crippen molar-refractivity contribution in [3.63, 3.8) is 0 Å². The van der Waals surface area contributed by atoms with Gasteiger partial charge in [0.1, 0.15) is 0 Å². The van der Waals surface area contributed by atoms with Gasteiger partial charge in [0.2, 0.25) is 5.91 Å². The van der Waals surface area contributed by atoms with Gasteiger partial charge >= 0.3 is 0 Å². The van der Waals surface area contributed by atoms with Gasteiger partial charge in [-0.3, -0.25) is 9.69 Å². The highest BCUT2D eigenvalue weighted by molar-refractivity contribution is 5.85. The molecule has 2 N–H and O–H groups in total. The molecular weight excluding hydrogens is 310 g/mol. The second-order valence-electron chi connectivity index (χ2n) is 7.39. The molecular formula is C18H36ClN3O. The molecule has 23 heavy (non-hydrogen) atoms. The topological polar surface area (TPSA) is 44.4 Å². The summed E-state index contributed by atoms with van der Waals surface area (Å²) < 4.78 is 0. The van der Waals surface area contributed by atoms with E-state index in [4.69, 9.17) is 0 Å². The van der Waals surface area contributed by atoms with Crippen molar-refractivity contribution < 1.29 is 4.79 Å². The van der Waals surface area contributed by atoms with Gasteiger partial charge in [-0.2, -0.15) is 0 Å². The molecule has 1 saturated heterocycles. The summed E-state index contributed by atoms with van der Waals surface area (Å²) in [4.78, 5) is 14.9. The van der Waals surface area contributed by atoms with Crippen molar-refractivity contribution in [3.05, 3.63) is 0 Å². The lowest BCUT2D eigenvalue weighted by atomic mass is 9.78. The molecule has 0 radical (unpaired) electrons. The molecule has 1 amide bonds. The van der Waals surface area contributed by atoms with Crippen molar-refractivity contribution in [2.75, 3.05) is 26.2 Å². The zero-order valence-corrected chi connectivity index (χ0v) is 16.0. The van der Waals surface area contributed by atoms with Crippen LogP contribution in [0.3, 0.4) is 0 Å². The summed E-state index contributed by atoms with van der Waals surface area (Å²) in [5.41, 5.74) is 0. The summed E-state index contributed by atoms with van der Waals surface area (Å²) in [5, 5.41) is 6.74. The first-order valence-corrected chi connectivity index (χ1v) is 9.36. The van der Waals surface area contributed by atoms with Gasteiger partial charge in [0.15, 0.2) is 0 Å². The monoisotopic (exact) mass is 345 g/mol. The summed E-state index contributed by atoms with van der Waals surface area (Å²) in [6.45, 7) is 10.6. The third-order valence-electron chi connectivity index (χ3n) is 5.74. The first kappa shape index (κ1) is 20.7. The van der Waals surface area contributed by atoms with E-state index in [0.717, 1.165) is 38.4 Å². The van der Waals surface area contributed by atoms with Crippen LogP contribution in [0.1, 0.15) is 59.3 Å². The third-order valence-corrected chi connectivity index (χ3v) is 5.74. The van der Waals surface area contributed by atoms with Crippen molar-refractivity contribution in [2.24, 2.45) is 11.8 Å². The van der Waals surface area contributed by atoms with E-state index in [2.05, 4.69) is 36.3 Å². The van der Waals surface area contributed by atoms with Crippen LogP contribution in [0.15, 0.2) is 0 Å². The molecule has 4 nitrogen and oxygen atoms in total. The summed E-state index contributed by atoms with van der Waals surface area (Å²) in [7, 11) is 0. The molecule has 0 aromatic rings. The average molecular weight is 346 g/mol. The number of halogens is 1. The lowest BCUT2D eigenvalue weighted by Gasteiger charge is -2.37. The summed E-state index contributed by atoms with van der Waals surface area (Å²) in [5.74, 6) is 1.57. The smallest absolute Gasteiger partial charge is 0.234 e. The molecule has 1 aliphatic heterocycles. The summed E-state index contributed by atoms with van der Waals surface area (Å²) >= 11 is 0. The van der Waals surface area contributed by atoms with Crippen molar-refractivity contribution >= 4 is 18.3 Å². The molecule has 3 atom stereocenters. The largest absolute Gasteiger partial charge is 0.352 e. The lowest BCUT2D eigenvalue weighted by Crippen LogP contribution is -2.51. The molecule has 0 aromatic carbocycles. The number of hydrogen-bond acceptors (Lipinski definition) is 3. The molecule has 5 heteroatoms. The predicted octanol–water partition coefficient (Wildman–Crippen LogP) is 2.81. The average Bonchev–Trinajstić information content (AvgIpc) is 2.52. The van der Waals surface area contributed by atoms with Crippen molar-refractivity contribution in [1.29, 1.82) is 0 Å². The molecule has 0 spiro atoms. The second kappa shape index (κ2) is 10.5. The molecule has 0 bridgehead atoms. The number of piperidine rings is 1. The van der Waals surface area contributed by atoms with E-state index in [9.17, 15) is 4.79 Å². The minimum atomic E-state index is 0. The van der Waals surface area contributed by atoms with Crippen LogP contribution < -0.4 is 10.6 Å². The molecule has 2 fully saturated rings. The fraction of sp³-hybridized carbons (Fsp3) is 0.944. The van der Waals surface area contributed by atoms with Gasteiger partial charge in [-0.15, -0.1) is 12.4 Å². The highest BCUT2D eigenvalue weighted by atomic mass is 35.5. The van der Waals surface area contributed by atoms with Gasteiger partial charge in [-0.05, 0) is 57.2 Å². The fourth-order valence-corrected chi connectivity index (χ4v) is 4.07. The standard InChI is InChI=1S/C18H35N3O.ClH/c1-4-12-21(16-8-10-19-11-9-16)13-18(22)20-17-7-5-6-14(2)15(17)3;/h14-17,19H,4-13H2,1-3H3,(H,20,22);1H. The Morgan fingerprint density at radius 1 is 1.17 bits per heavy atom. The Kier molecular flexibility index (Phi) is 9.48. The van der Waals surface area contributed by atoms with Crippen molar-refractivity contribution in [1.82, 2.24) is 15.5 Å². The summed E-state index contributed by atoms with van der Waals surface area (Å²) in [6.07, 6.45) is 7.18. The molecule has 2 aliphatic rings. The van der Waals surface area contributed by atoms with E-state index < -0.39 is 0 Å². The number of amides is 1. The Labute approximate surface area is 148 Å². The Bertz CT molecular complexity index is 347. The van der Waals surface area contributed by atoms with Crippen LogP contribution in [0, 0.1) is 11.8 Å². The van der Waals surface area contributed by atoms with Crippen LogP contribution in [0.5, 0.6) is 0 Å². The van der Waals surface area contributed by atoms with Crippen LogP contribution in [-0.4, -0.2) is 49.1 Å². The Hall–Kier alpha value is -0.320. The van der Waals surface area contributed by atoms with E-state index in [1.807, 2.05) is 0 Å². The first-order chi connectivity index (χ1) is 10.6. The maximum atomic E-state index is 12.5. The van der Waals surface area contributed by atoms with Gasteiger partial charge in [0, 0.05) is 12.1 Å². The number of rotatable bonds is 6. The lowest BCUT2D eigenvalue weighted by molar-refractivity contribution is -0.124. The van der Waals surface area contributed by atoms with Crippen LogP contribution in [-0.2, 0) is 4.79 Å². The molecule has 1 saturated carbocycles. The number of carbonyl (C=O) groups excluding carboxylic acids is 1. The molecule has 2 rings (SSSR count). The van der Waals surface area contributed by atoms with Crippen molar-refractivity contribution in [2.45, 2.75) is 71.4 Å². The number of carbonyl (C=O) groups is 1. The molecule has 1 aliphatic carbocycles. The minimum absolute atomic E-state index is 0. The molecule has 136 valence electrons. The number of hydrogen-bond donors (Lipinski definition) is 2. The van der Waals surface area contributed by atoms with Gasteiger partial charge in [0.05, 0.1) is 6.54 Å². The predicted molar refractivity (Wildman–Crippen MR) is 99.1 cm³/mol. The van der Waals surface area contributed by atoms with Gasteiger partial charge in [-0.25, -0.2) is 0 Å². The van der Waals surface area contributed by atoms with Crippen LogP contribution in [0.4, 0.5) is 0 Å². The molecule has 0 aromatic heterocycles. The number of nitrogens with one attached hydrogen (secondary N) is 2. The van der Waals surface area contributed by atoms with Gasteiger partial charge in [0.25, 0.3) is 0 Å². The van der Waals surface area contributed by atoms with Crippen LogP contribution >= 0.6 is 12.4 Å². The van der Waals surface area contributed by atoms with E-state index in [1.54, 1.807) is 0 Å². The zero-order valence-electron chi connectivity index (χ0n) is 15.1. The van der Waals surface area contributed by atoms with Gasteiger partial charge in [-0.1, -0.05) is 33.6 Å². The van der Waals surface area contributed by atoms with E-state index in [1.165, 1.54) is 25.7 Å². The second-order valence-corrected chi connectivity index (χ2v) is 7.39. The summed E-state index contributed by atoms with van der Waals surface area (Å²) in [6, 6.07) is 0.961. The Morgan fingerprint density at radius 3 is 2.52 bits per heavy atom. The highest BCUT2D eigenvalue weighted by Gasteiger charge is 2.29. The van der Waals surface area contributed by atoms with E-state index in [0.29, 0.717) is 24.5 Å². The normalized spacial score (nSPS) is 29.1. The van der Waals surface area contributed by atoms with E-state index in [-0.39, 0.29) is 18.3 Å². The highest BCUT2D eigenvalue weighted by Crippen LogP contribution is 2.29. The van der Waals surface area contributed by atoms with E-state index >= 15 is 0 Å². The zero-order chi connectivity index (χ0) is 15.9. The maximum Gasteiger partial charge on any atom is 0.234 e. The fourth-order valence-electron chi connectivity index (χ4n) is 4.07. The minimum Gasteiger partial charge on any atom is -0.352 e. The van der Waals surface area contributed by atoms with Crippen molar-refractivity contribution in [3.8, 4) is 0 Å². The number of nitrogens with zero attached hydrogens (tertiary/aromatic N) is 1. The first-order valence-electron chi connectivity index (χ1n) is 9.36. The van der Waals surface area contributed by atoms with Crippen LogP contribution in [0.25, 0.3) is 0 Å². The SMILES string of the molecule is CCCN(CC(=O)NC1CCCC(C)C1C)C1CCNCC1.Cl.